The van der Waals surface area contributed by atoms with Gasteiger partial charge in [0.15, 0.2) is 0 Å². The summed E-state index contributed by atoms with van der Waals surface area (Å²) in [6.45, 7) is 1.25. The molecule has 5 heteroatoms. The monoisotopic (exact) mass is 446 g/mol. The molecule has 4 rings (SSSR count). The first-order chi connectivity index (χ1) is 15.5. The lowest BCUT2D eigenvalue weighted by Crippen LogP contribution is -2.51. The molecule has 2 aromatic carbocycles. The van der Waals surface area contributed by atoms with Gasteiger partial charge in [-0.25, -0.2) is 0 Å². The number of hydrogen-bond acceptors (Lipinski definition) is 3. The average Bonchev–Trinajstić information content (AvgIpc) is 3.35. The second kappa shape index (κ2) is 9.70. The van der Waals surface area contributed by atoms with Crippen LogP contribution in [0, 0.1) is 5.41 Å². The smallest absolute Gasteiger partial charge is 0.228 e. The van der Waals surface area contributed by atoms with Crippen LogP contribution in [0.15, 0.2) is 72.1 Å². The zero-order valence-electron chi connectivity index (χ0n) is 18.8. The molecule has 1 aliphatic heterocycles. The highest BCUT2D eigenvalue weighted by atomic mass is 32.1. The summed E-state index contributed by atoms with van der Waals surface area (Å²) in [7, 11) is 3.66. The standard InChI is InChI=1S/C27H30N2O2S/c1-28(2)26(31)27(20-22-10-12-23(13-11-22)24-9-6-18-32-24)14-16-29(17-15-27)25(30)19-21-7-4-3-5-8-21/h3-13,18H,14-17,19-20H2,1-2H3. The Balaban J connectivity index is 1.46. The zero-order chi connectivity index (χ0) is 22.6. The molecule has 3 aromatic rings. The maximum absolute atomic E-state index is 13.3. The van der Waals surface area contributed by atoms with Crippen molar-refractivity contribution in [3.63, 3.8) is 0 Å². The van der Waals surface area contributed by atoms with Crippen LogP contribution < -0.4 is 0 Å². The van der Waals surface area contributed by atoms with E-state index in [0.717, 1.165) is 5.56 Å². The van der Waals surface area contributed by atoms with Crippen LogP contribution in [-0.4, -0.2) is 48.8 Å². The van der Waals surface area contributed by atoms with Gasteiger partial charge in [0.05, 0.1) is 11.8 Å². The van der Waals surface area contributed by atoms with Crippen LogP contribution in [0.3, 0.4) is 0 Å². The summed E-state index contributed by atoms with van der Waals surface area (Å²) in [6, 6.07) is 22.6. The highest BCUT2D eigenvalue weighted by Gasteiger charge is 2.43. The molecule has 0 aliphatic carbocycles. The third kappa shape index (κ3) is 4.94. The van der Waals surface area contributed by atoms with Crippen molar-refractivity contribution in [2.75, 3.05) is 27.2 Å². The van der Waals surface area contributed by atoms with E-state index in [-0.39, 0.29) is 11.8 Å². The Kier molecular flexibility index (Phi) is 6.75. The van der Waals surface area contributed by atoms with Gasteiger partial charge in [0.1, 0.15) is 0 Å². The van der Waals surface area contributed by atoms with Crippen molar-refractivity contribution in [3.05, 3.63) is 83.2 Å². The summed E-state index contributed by atoms with van der Waals surface area (Å²) in [6.07, 6.45) is 2.50. The van der Waals surface area contributed by atoms with E-state index >= 15 is 0 Å². The third-order valence-corrected chi connectivity index (χ3v) is 7.35. The fourth-order valence-electron chi connectivity index (χ4n) is 4.63. The van der Waals surface area contributed by atoms with E-state index in [0.29, 0.717) is 38.8 Å². The number of thiophene rings is 1. The molecule has 1 fully saturated rings. The largest absolute Gasteiger partial charge is 0.348 e. The summed E-state index contributed by atoms with van der Waals surface area (Å²) >= 11 is 1.73. The molecule has 0 spiro atoms. The van der Waals surface area contributed by atoms with Gasteiger partial charge in [-0.05, 0) is 47.4 Å². The lowest BCUT2D eigenvalue weighted by molar-refractivity contribution is -0.146. The Hall–Kier alpha value is -2.92. The number of likely N-dealkylation sites (tertiary alicyclic amines) is 1. The molecule has 4 nitrogen and oxygen atoms in total. The summed E-state index contributed by atoms with van der Waals surface area (Å²) < 4.78 is 0. The van der Waals surface area contributed by atoms with Crippen molar-refractivity contribution in [2.24, 2.45) is 5.41 Å². The van der Waals surface area contributed by atoms with Crippen molar-refractivity contribution in [1.82, 2.24) is 9.80 Å². The number of carbonyl (C=O) groups excluding carboxylic acids is 2. The molecule has 2 heterocycles. The minimum absolute atomic E-state index is 0.141. The SMILES string of the molecule is CN(C)C(=O)C1(Cc2ccc(-c3cccs3)cc2)CCN(C(=O)Cc2ccccc2)CC1. The van der Waals surface area contributed by atoms with Gasteiger partial charge in [-0.1, -0.05) is 60.7 Å². The predicted molar refractivity (Wildman–Crippen MR) is 131 cm³/mol. The van der Waals surface area contributed by atoms with Crippen LogP contribution in [0.5, 0.6) is 0 Å². The first-order valence-electron chi connectivity index (χ1n) is 11.1. The van der Waals surface area contributed by atoms with E-state index in [1.165, 1.54) is 16.0 Å². The van der Waals surface area contributed by atoms with Gasteiger partial charge in [0, 0.05) is 32.1 Å². The van der Waals surface area contributed by atoms with E-state index in [1.807, 2.05) is 49.3 Å². The summed E-state index contributed by atoms with van der Waals surface area (Å²) in [4.78, 5) is 31.0. The molecule has 0 N–H and O–H groups in total. The van der Waals surface area contributed by atoms with Crippen molar-refractivity contribution in [3.8, 4) is 10.4 Å². The van der Waals surface area contributed by atoms with Crippen molar-refractivity contribution < 1.29 is 9.59 Å². The van der Waals surface area contributed by atoms with Gasteiger partial charge in [-0.2, -0.15) is 0 Å². The van der Waals surface area contributed by atoms with E-state index < -0.39 is 5.41 Å². The summed E-state index contributed by atoms with van der Waals surface area (Å²) in [5, 5.41) is 2.08. The van der Waals surface area contributed by atoms with Crippen LogP contribution in [0.1, 0.15) is 24.0 Å². The van der Waals surface area contributed by atoms with Gasteiger partial charge in [-0.15, -0.1) is 11.3 Å². The zero-order valence-corrected chi connectivity index (χ0v) is 19.6. The van der Waals surface area contributed by atoms with E-state index in [1.54, 1.807) is 16.2 Å². The highest BCUT2D eigenvalue weighted by molar-refractivity contribution is 7.13. The number of carbonyl (C=O) groups is 2. The maximum atomic E-state index is 13.3. The van der Waals surface area contributed by atoms with Crippen LogP contribution in [0.25, 0.3) is 10.4 Å². The normalized spacial score (nSPS) is 15.4. The van der Waals surface area contributed by atoms with Gasteiger partial charge >= 0.3 is 0 Å². The van der Waals surface area contributed by atoms with Crippen LogP contribution >= 0.6 is 11.3 Å². The second-order valence-electron chi connectivity index (χ2n) is 8.87. The van der Waals surface area contributed by atoms with Crippen LogP contribution in [0.2, 0.25) is 0 Å². The van der Waals surface area contributed by atoms with Crippen LogP contribution in [0.4, 0.5) is 0 Å². The fraction of sp³-hybridized carbons (Fsp3) is 0.333. The molecule has 1 aliphatic rings. The molecular formula is C27H30N2O2S. The Morgan fingerprint density at radius 1 is 0.906 bits per heavy atom. The molecular weight excluding hydrogens is 416 g/mol. The molecule has 0 unspecified atom stereocenters. The summed E-state index contributed by atoms with van der Waals surface area (Å²) in [5.41, 5.74) is 2.95. The second-order valence-corrected chi connectivity index (χ2v) is 9.82. The lowest BCUT2D eigenvalue weighted by atomic mass is 9.72. The first kappa shape index (κ1) is 22.3. The molecule has 0 radical (unpaired) electrons. The molecule has 0 bridgehead atoms. The molecule has 32 heavy (non-hydrogen) atoms. The minimum Gasteiger partial charge on any atom is -0.348 e. The number of piperidine rings is 1. The Morgan fingerprint density at radius 3 is 2.19 bits per heavy atom. The van der Waals surface area contributed by atoms with Gasteiger partial charge in [-0.3, -0.25) is 9.59 Å². The van der Waals surface area contributed by atoms with Gasteiger partial charge < -0.3 is 9.80 Å². The molecule has 2 amide bonds. The topological polar surface area (TPSA) is 40.6 Å². The van der Waals surface area contributed by atoms with Crippen LogP contribution in [-0.2, 0) is 22.4 Å². The minimum atomic E-state index is -0.461. The Bertz CT molecular complexity index is 1040. The summed E-state index contributed by atoms with van der Waals surface area (Å²) in [5.74, 6) is 0.303. The van der Waals surface area contributed by atoms with Gasteiger partial charge in [0.25, 0.3) is 0 Å². The number of amides is 2. The number of nitrogens with zero attached hydrogens (tertiary/aromatic N) is 2. The molecule has 1 aromatic heterocycles. The van der Waals surface area contributed by atoms with E-state index in [2.05, 4.69) is 41.8 Å². The molecule has 1 saturated heterocycles. The third-order valence-electron chi connectivity index (χ3n) is 6.43. The van der Waals surface area contributed by atoms with Gasteiger partial charge in [0.2, 0.25) is 11.8 Å². The van der Waals surface area contributed by atoms with Crippen molar-refractivity contribution >= 4 is 23.2 Å². The maximum Gasteiger partial charge on any atom is 0.228 e. The van der Waals surface area contributed by atoms with E-state index in [9.17, 15) is 9.59 Å². The van der Waals surface area contributed by atoms with Crippen molar-refractivity contribution in [1.29, 1.82) is 0 Å². The molecule has 0 atom stereocenters. The Morgan fingerprint density at radius 2 is 1.59 bits per heavy atom. The number of rotatable bonds is 6. The number of hydrogen-bond donors (Lipinski definition) is 0. The number of benzene rings is 2. The molecule has 0 saturated carbocycles. The highest BCUT2D eigenvalue weighted by Crippen LogP contribution is 2.37. The predicted octanol–water partition coefficient (Wildman–Crippen LogP) is 4.90. The quantitative estimate of drug-likeness (QED) is 0.541. The fourth-order valence-corrected chi connectivity index (χ4v) is 5.36. The average molecular weight is 447 g/mol. The molecule has 166 valence electrons. The lowest BCUT2D eigenvalue weighted by Gasteiger charge is -2.42. The first-order valence-corrected chi connectivity index (χ1v) is 12.0. The van der Waals surface area contributed by atoms with Crippen molar-refractivity contribution in [2.45, 2.75) is 25.7 Å². The Labute approximate surface area is 194 Å². The van der Waals surface area contributed by atoms with E-state index in [4.69, 9.17) is 0 Å².